The van der Waals surface area contributed by atoms with E-state index in [-0.39, 0.29) is 18.8 Å². The molecule has 0 aliphatic heterocycles. The van der Waals surface area contributed by atoms with Gasteiger partial charge in [-0.25, -0.2) is 0 Å². The summed E-state index contributed by atoms with van der Waals surface area (Å²) in [5.41, 5.74) is 0. The lowest BCUT2D eigenvalue weighted by atomic mass is 10.0. The molecule has 12 nitrogen and oxygen atoms in total. The maximum atomic E-state index is 9.41. The molecule has 12 heteroatoms. The molecule has 4 atom stereocenters. The van der Waals surface area contributed by atoms with Crippen molar-refractivity contribution in [3.05, 3.63) is 12.2 Å². The summed E-state index contributed by atoms with van der Waals surface area (Å²) in [5.74, 6) is -3.09. The molecule has 0 fully saturated rings. The third-order valence-corrected chi connectivity index (χ3v) is 2.09. The second kappa shape index (κ2) is 16.7. The fourth-order valence-electron chi connectivity index (χ4n) is 1.03. The number of carbonyl (C=O) groups excluding carboxylic acids is 2. The minimum absolute atomic E-state index is 0. The molecule has 23 heavy (non-hydrogen) atoms. The number of aliphatic carboxylic acids is 2. The number of nitrogens with one attached hydrogen (secondary N) is 1. The molecule has 0 aromatic carbocycles. The van der Waals surface area contributed by atoms with Gasteiger partial charge in [-0.1, -0.05) is 0 Å². The molecule has 0 aliphatic rings. The number of rotatable bonds is 8. The number of hydrogen-bond acceptors (Lipinski definition) is 10. The quantitative estimate of drug-likeness (QED) is 0.193. The van der Waals surface area contributed by atoms with Crippen LogP contribution in [-0.2, 0) is 9.59 Å². The van der Waals surface area contributed by atoms with Crippen LogP contribution in [0.25, 0.3) is 0 Å². The number of likely N-dealkylation sites (N-methyl/N-ethyl adjacent to an activating group) is 1. The zero-order valence-electron chi connectivity index (χ0n) is 13.2. The van der Waals surface area contributed by atoms with Crippen molar-refractivity contribution in [3.63, 3.8) is 0 Å². The van der Waals surface area contributed by atoms with Gasteiger partial charge in [-0.3, -0.25) is 0 Å². The van der Waals surface area contributed by atoms with Crippen molar-refractivity contribution in [1.29, 1.82) is 0 Å². The van der Waals surface area contributed by atoms with Gasteiger partial charge in [0.05, 0.1) is 24.6 Å². The van der Waals surface area contributed by atoms with E-state index in [4.69, 9.17) is 20.4 Å². The molecule has 140 valence electrons. The first-order valence-corrected chi connectivity index (χ1v) is 5.75. The molecular formula is C11H27N3O9. The third-order valence-electron chi connectivity index (χ3n) is 2.09. The fourth-order valence-corrected chi connectivity index (χ4v) is 1.03. The maximum absolute atomic E-state index is 9.41. The van der Waals surface area contributed by atoms with E-state index < -0.39 is 43.0 Å². The van der Waals surface area contributed by atoms with E-state index in [9.17, 15) is 24.9 Å². The summed E-state index contributed by atoms with van der Waals surface area (Å²) in [7, 11) is 1.57. The molecule has 0 rings (SSSR count). The van der Waals surface area contributed by atoms with Crippen LogP contribution in [0.5, 0.6) is 0 Å². The third kappa shape index (κ3) is 16.6. The Balaban J connectivity index is -0.000000158. The monoisotopic (exact) mass is 345 g/mol. The molecule has 0 bridgehead atoms. The molecule has 0 amide bonds. The van der Waals surface area contributed by atoms with E-state index in [0.29, 0.717) is 12.2 Å². The van der Waals surface area contributed by atoms with Crippen molar-refractivity contribution in [1.82, 2.24) is 17.6 Å². The van der Waals surface area contributed by atoms with E-state index in [1.54, 1.807) is 7.05 Å². The lowest BCUT2D eigenvalue weighted by Crippen LogP contribution is -2.48. The standard InChI is InChI=1S/C7H17NO5.C4H4O4.2H3N/c1-8-2-4(10)6(12)7(13)5(11)3-9;5-3(6)1-2-4(7)8;;/h4-13H,2-3H2,1H3;1-2H,(H,5,6)(H,7,8);2*1H3/b;2-1-;;/t4-,5+,6+,7+;;;/m0.../s1. The van der Waals surface area contributed by atoms with Crippen LogP contribution in [0, 0.1) is 0 Å². The Hall–Kier alpha value is -1.64. The van der Waals surface area contributed by atoms with Gasteiger partial charge < -0.3 is 63.0 Å². The summed E-state index contributed by atoms with van der Waals surface area (Å²) in [6.45, 7) is -0.569. The lowest BCUT2D eigenvalue weighted by Gasteiger charge is -2.25. The Morgan fingerprint density at radius 2 is 1.30 bits per heavy atom. The van der Waals surface area contributed by atoms with Crippen molar-refractivity contribution < 1.29 is 45.3 Å². The fraction of sp³-hybridized carbons (Fsp3) is 0.636. The molecule has 0 saturated heterocycles. The Kier molecular flexibility index (Phi) is 21.4. The summed E-state index contributed by atoms with van der Waals surface area (Å²) in [4.78, 5) is 18.8. The average Bonchev–Trinajstić information content (AvgIpc) is 2.43. The number of aliphatic hydroxyl groups is 5. The molecule has 0 aromatic rings. The summed E-state index contributed by atoms with van der Waals surface area (Å²) >= 11 is 0. The minimum Gasteiger partial charge on any atom is -0.545 e. The van der Waals surface area contributed by atoms with Crippen LogP contribution in [0.4, 0.5) is 0 Å². The van der Waals surface area contributed by atoms with E-state index in [0.717, 1.165) is 0 Å². The van der Waals surface area contributed by atoms with Crippen molar-refractivity contribution in [2.75, 3.05) is 20.2 Å². The predicted octanol–water partition coefficient (Wildman–Crippen LogP) is -5.56. The van der Waals surface area contributed by atoms with Crippen LogP contribution in [0.3, 0.4) is 0 Å². The summed E-state index contributed by atoms with van der Waals surface area (Å²) < 4.78 is 0. The largest absolute Gasteiger partial charge is 0.545 e. The second-order valence-electron chi connectivity index (χ2n) is 3.83. The summed E-state index contributed by atoms with van der Waals surface area (Å²) in [6.07, 6.45) is -4.88. The number of carboxylic acid groups (broad SMARTS) is 2. The summed E-state index contributed by atoms with van der Waals surface area (Å²) in [6, 6.07) is 0. The Morgan fingerprint density at radius 3 is 1.57 bits per heavy atom. The highest BCUT2D eigenvalue weighted by Gasteiger charge is 2.29. The van der Waals surface area contributed by atoms with E-state index in [2.05, 4.69) is 5.32 Å². The average molecular weight is 345 g/mol. The minimum atomic E-state index is -1.55. The zero-order chi connectivity index (χ0) is 17.0. The van der Waals surface area contributed by atoms with Gasteiger partial charge in [0.25, 0.3) is 0 Å². The van der Waals surface area contributed by atoms with Gasteiger partial charge in [0, 0.05) is 6.54 Å². The van der Waals surface area contributed by atoms with Crippen LogP contribution in [0.2, 0.25) is 0 Å². The van der Waals surface area contributed by atoms with Crippen molar-refractivity contribution in [2.45, 2.75) is 24.4 Å². The maximum Gasteiger partial charge on any atom is 0.111 e. The van der Waals surface area contributed by atoms with Crippen molar-refractivity contribution >= 4 is 11.9 Å². The normalized spacial score (nSPS) is 15.0. The smallest absolute Gasteiger partial charge is 0.111 e. The van der Waals surface area contributed by atoms with E-state index in [1.807, 2.05) is 0 Å². The van der Waals surface area contributed by atoms with Crippen molar-refractivity contribution in [2.24, 2.45) is 0 Å². The molecule has 14 N–H and O–H groups in total. The predicted molar refractivity (Wildman–Crippen MR) is 76.2 cm³/mol. The number of hydrogen-bond donors (Lipinski definition) is 8. The van der Waals surface area contributed by atoms with Crippen LogP contribution < -0.4 is 27.8 Å². The van der Waals surface area contributed by atoms with Crippen LogP contribution in [0.1, 0.15) is 0 Å². The Labute approximate surface area is 132 Å². The van der Waals surface area contributed by atoms with Crippen LogP contribution in [0.15, 0.2) is 12.2 Å². The first kappa shape index (κ1) is 29.4. The first-order valence-electron chi connectivity index (χ1n) is 5.75. The first-order chi connectivity index (χ1) is 9.67. The highest BCUT2D eigenvalue weighted by Crippen LogP contribution is 2.04. The molecule has 0 aromatic heterocycles. The van der Waals surface area contributed by atoms with Gasteiger partial charge in [-0.2, -0.15) is 0 Å². The van der Waals surface area contributed by atoms with Gasteiger partial charge in [0.15, 0.2) is 0 Å². The summed E-state index contributed by atoms with van der Waals surface area (Å²) in [5, 5.41) is 66.3. The van der Waals surface area contributed by atoms with Gasteiger partial charge in [-0.15, -0.1) is 0 Å². The van der Waals surface area contributed by atoms with Crippen LogP contribution in [-0.4, -0.2) is 82.1 Å². The highest BCUT2D eigenvalue weighted by molar-refractivity contribution is 5.87. The lowest BCUT2D eigenvalue weighted by molar-refractivity contribution is -0.301. The van der Waals surface area contributed by atoms with Gasteiger partial charge in [-0.05, 0) is 19.2 Å². The van der Waals surface area contributed by atoms with E-state index >= 15 is 0 Å². The second-order valence-corrected chi connectivity index (χ2v) is 3.83. The number of carboxylic acids is 2. The highest BCUT2D eigenvalue weighted by atomic mass is 16.4. The SMILES string of the molecule is CNC[C@H](O)[C@@H](O)[C@H](O)[C@H](O)CO.O=C([O-])/C=C\C(=O)[O-].[NH4+].[NH4+]. The molecule has 0 aliphatic carbocycles. The molecular weight excluding hydrogens is 318 g/mol. The van der Waals surface area contributed by atoms with Crippen molar-refractivity contribution in [3.8, 4) is 0 Å². The van der Waals surface area contributed by atoms with Crippen LogP contribution >= 0.6 is 0 Å². The molecule has 0 saturated carbocycles. The molecule has 0 radical (unpaired) electrons. The number of aliphatic hydroxyl groups excluding tert-OH is 5. The van der Waals surface area contributed by atoms with E-state index in [1.165, 1.54) is 0 Å². The molecule has 0 spiro atoms. The van der Waals surface area contributed by atoms with Gasteiger partial charge in [0.1, 0.15) is 18.3 Å². The number of carbonyl (C=O) groups is 2. The number of quaternary nitrogens is 2. The molecule has 0 unspecified atom stereocenters. The van der Waals surface area contributed by atoms with Gasteiger partial charge in [0.2, 0.25) is 0 Å². The van der Waals surface area contributed by atoms with Gasteiger partial charge >= 0.3 is 0 Å². The Morgan fingerprint density at radius 1 is 0.957 bits per heavy atom. The Bertz CT molecular complexity index is 325. The topological polar surface area (TPSA) is 266 Å². The zero-order valence-corrected chi connectivity index (χ0v) is 13.2. The molecule has 0 heterocycles.